The molecule has 2 aliphatic heterocycles. The van der Waals surface area contributed by atoms with Crippen molar-refractivity contribution < 1.29 is 32.3 Å². The minimum atomic E-state index is -4.67. The van der Waals surface area contributed by atoms with Crippen LogP contribution in [0.1, 0.15) is 78.5 Å². The molecule has 0 radical (unpaired) electrons. The molecule has 318 valence electrons. The van der Waals surface area contributed by atoms with Crippen molar-refractivity contribution in [2.45, 2.75) is 75.0 Å². The van der Waals surface area contributed by atoms with Gasteiger partial charge in [0.15, 0.2) is 0 Å². The Morgan fingerprint density at radius 1 is 1.10 bits per heavy atom. The van der Waals surface area contributed by atoms with Crippen LogP contribution < -0.4 is 26.0 Å². The number of nitrogens with zero attached hydrogens (tertiary/aromatic N) is 6. The Bertz CT molecular complexity index is 2510. The third-order valence-electron chi connectivity index (χ3n) is 12.5. The average molecular weight is 867 g/mol. The number of pyridine rings is 1. The number of carbonyl (C=O) groups excluding carboxylic acids is 3. The van der Waals surface area contributed by atoms with Gasteiger partial charge in [0, 0.05) is 62.7 Å². The highest BCUT2D eigenvalue weighted by molar-refractivity contribution is 7.18. The van der Waals surface area contributed by atoms with Crippen LogP contribution in [0.2, 0.25) is 5.02 Å². The van der Waals surface area contributed by atoms with Gasteiger partial charge in [0.2, 0.25) is 5.91 Å². The number of aryl methyl sites for hydroxylation is 1. The van der Waals surface area contributed by atoms with Gasteiger partial charge in [-0.15, -0.1) is 11.3 Å². The zero-order valence-corrected chi connectivity index (χ0v) is 35.1. The lowest BCUT2D eigenvalue weighted by molar-refractivity contribution is -0.141. The molecule has 0 bridgehead atoms. The number of hydrogen-bond acceptors (Lipinski definition) is 10. The Labute approximate surface area is 352 Å². The Morgan fingerprint density at radius 2 is 1.85 bits per heavy atom. The van der Waals surface area contributed by atoms with E-state index < -0.39 is 23.3 Å². The van der Waals surface area contributed by atoms with Crippen molar-refractivity contribution >= 4 is 73.7 Å². The van der Waals surface area contributed by atoms with Crippen molar-refractivity contribution in [2.75, 3.05) is 50.6 Å². The Kier molecular flexibility index (Phi) is 11.4. The van der Waals surface area contributed by atoms with E-state index >= 15 is 0 Å². The molecule has 18 heteroatoms. The summed E-state index contributed by atoms with van der Waals surface area (Å²) in [6.45, 7) is 2.60. The predicted molar refractivity (Wildman–Crippen MR) is 224 cm³/mol. The van der Waals surface area contributed by atoms with Crippen LogP contribution in [0.3, 0.4) is 0 Å². The molecular formula is C42H46ClF3N8O5S. The first kappa shape index (κ1) is 41.7. The quantitative estimate of drug-likeness (QED) is 0.143. The summed E-state index contributed by atoms with van der Waals surface area (Å²) in [5.74, 6) is 0.270. The molecule has 13 nitrogen and oxygen atoms in total. The van der Waals surface area contributed by atoms with E-state index in [1.165, 1.54) is 17.7 Å². The molecule has 5 aromatic rings. The van der Waals surface area contributed by atoms with E-state index in [9.17, 15) is 32.3 Å². The summed E-state index contributed by atoms with van der Waals surface area (Å²) in [7, 11) is 5.38. The second kappa shape index (κ2) is 16.5. The summed E-state index contributed by atoms with van der Waals surface area (Å²) in [5.41, 5.74) is 0.217. The van der Waals surface area contributed by atoms with Gasteiger partial charge < -0.3 is 30.0 Å². The summed E-state index contributed by atoms with van der Waals surface area (Å²) in [6, 6.07) is 10.7. The van der Waals surface area contributed by atoms with Crippen LogP contribution in [0.5, 0.6) is 5.75 Å². The number of carbonyl (C=O) groups is 3. The van der Waals surface area contributed by atoms with Gasteiger partial charge in [0.25, 0.3) is 5.91 Å². The number of ether oxygens (including phenoxy) is 1. The van der Waals surface area contributed by atoms with Crippen LogP contribution in [0, 0.1) is 5.92 Å². The molecule has 2 aromatic carbocycles. The van der Waals surface area contributed by atoms with Crippen molar-refractivity contribution in [3.05, 3.63) is 74.4 Å². The van der Waals surface area contributed by atoms with E-state index in [-0.39, 0.29) is 36.7 Å². The number of aromatic nitrogens is 4. The smallest absolute Gasteiger partial charge is 0.433 e. The number of hydrogen-bond donors (Lipinski definition) is 2. The number of anilines is 2. The predicted octanol–water partition coefficient (Wildman–Crippen LogP) is 6.96. The largest absolute Gasteiger partial charge is 0.494 e. The second-order valence-electron chi connectivity index (χ2n) is 16.3. The van der Waals surface area contributed by atoms with Gasteiger partial charge in [-0.25, -0.2) is 14.8 Å². The number of imidazole rings is 1. The van der Waals surface area contributed by atoms with Crippen molar-refractivity contribution in [1.82, 2.24) is 29.3 Å². The van der Waals surface area contributed by atoms with E-state index in [1.54, 1.807) is 41.2 Å². The first-order valence-corrected chi connectivity index (χ1v) is 21.3. The lowest BCUT2D eigenvalue weighted by Crippen LogP contribution is -2.54. The number of nitrogens with one attached hydrogen (secondary N) is 2. The maximum absolute atomic E-state index is 13.7. The molecule has 1 aliphatic carbocycles. The zero-order valence-electron chi connectivity index (χ0n) is 33.5. The number of aldehydes is 1. The normalized spacial score (nSPS) is 21.7. The zero-order chi connectivity index (χ0) is 42.5. The number of fused-ring (bicyclic) bond motifs is 2. The van der Waals surface area contributed by atoms with Gasteiger partial charge in [0.1, 0.15) is 29.0 Å². The fourth-order valence-electron chi connectivity index (χ4n) is 9.22. The molecule has 0 spiro atoms. The van der Waals surface area contributed by atoms with Crippen molar-refractivity contribution in [3.8, 4) is 5.75 Å². The molecule has 5 heterocycles. The fraction of sp³-hybridized carbons (Fsp3) is 0.476. The van der Waals surface area contributed by atoms with E-state index in [2.05, 4.69) is 32.5 Å². The Balaban J connectivity index is 0.882. The van der Waals surface area contributed by atoms with E-state index in [1.807, 2.05) is 6.07 Å². The average Bonchev–Trinajstić information content (AvgIpc) is 3.77. The first-order chi connectivity index (χ1) is 28.7. The highest BCUT2D eigenvalue weighted by Crippen LogP contribution is 2.42. The van der Waals surface area contributed by atoms with Crippen molar-refractivity contribution in [2.24, 2.45) is 13.0 Å². The minimum absolute atomic E-state index is 0.0496. The Morgan fingerprint density at radius 3 is 2.52 bits per heavy atom. The van der Waals surface area contributed by atoms with Crippen LogP contribution in [0.4, 0.5) is 24.5 Å². The van der Waals surface area contributed by atoms with Gasteiger partial charge in [0.05, 0.1) is 44.7 Å². The van der Waals surface area contributed by atoms with Crippen LogP contribution in [-0.4, -0.2) is 88.5 Å². The number of rotatable bonds is 10. The molecule has 2 N–H and O–H groups in total. The standard InChI is InChI=1S/C42H46ClF3N8O5S/c1-51(27-12-15-53(16-13-27)31-17-26(43)18-32-37(31)52(2)40(58)54(32)41(23-55)14-11-36(56)47-22-41)21-24-7-9-25(10-8-24)39-50-30-19-33(59-3)29(20-34(30)60-39)49-38(57)28-5-4-6-35(48-28)42(44,45)46/h4-6,17-20,23-25,27H,7-16,21-22H2,1-3H3,(H,47,56)(H,49,57)/t24-,25-,41?. The van der Waals surface area contributed by atoms with E-state index in [0.29, 0.717) is 39.9 Å². The number of amides is 2. The third kappa shape index (κ3) is 7.98. The molecule has 3 aliphatic rings. The highest BCUT2D eigenvalue weighted by Gasteiger charge is 2.40. The molecule has 1 unspecified atom stereocenters. The molecule has 1 atom stereocenters. The maximum Gasteiger partial charge on any atom is 0.433 e. The maximum atomic E-state index is 13.7. The van der Waals surface area contributed by atoms with Gasteiger partial charge in [-0.3, -0.25) is 18.7 Å². The number of alkyl halides is 3. The van der Waals surface area contributed by atoms with Gasteiger partial charge >= 0.3 is 11.9 Å². The van der Waals surface area contributed by atoms with Crippen molar-refractivity contribution in [3.63, 3.8) is 0 Å². The van der Waals surface area contributed by atoms with Crippen LogP contribution in [0.15, 0.2) is 47.3 Å². The molecule has 8 rings (SSSR count). The lowest BCUT2D eigenvalue weighted by Gasteiger charge is -2.40. The molecule has 1 saturated carbocycles. The Hall–Kier alpha value is -5.00. The summed E-state index contributed by atoms with van der Waals surface area (Å²) in [5, 5.41) is 6.92. The van der Waals surface area contributed by atoms with Gasteiger partial charge in [-0.05, 0) is 88.2 Å². The molecule has 60 heavy (non-hydrogen) atoms. The van der Waals surface area contributed by atoms with Crippen LogP contribution >= 0.6 is 22.9 Å². The van der Waals surface area contributed by atoms with E-state index in [4.69, 9.17) is 21.3 Å². The topological polar surface area (TPSA) is 144 Å². The SMILES string of the molecule is COc1cc2nc([C@H]3CC[C@H](CN(C)C4CCN(c5cc(Cl)cc6c5n(C)c(=O)n6C5(C=O)CCC(=O)NC5)CC4)CC3)sc2cc1NC(=O)c1cccc(C(F)(F)F)n1. The number of thiazole rings is 1. The summed E-state index contributed by atoms with van der Waals surface area (Å²) < 4.78 is 49.1. The van der Waals surface area contributed by atoms with Gasteiger partial charge in [-0.2, -0.15) is 13.2 Å². The first-order valence-electron chi connectivity index (χ1n) is 20.1. The molecule has 3 aromatic heterocycles. The fourth-order valence-corrected chi connectivity index (χ4v) is 10.6. The molecule has 2 saturated heterocycles. The molecular weight excluding hydrogens is 821 g/mol. The molecule has 3 fully saturated rings. The lowest BCUT2D eigenvalue weighted by atomic mass is 9.82. The monoisotopic (exact) mass is 866 g/mol. The van der Waals surface area contributed by atoms with Crippen molar-refractivity contribution in [1.29, 1.82) is 0 Å². The molecule has 2 amide bonds. The number of piperidine rings is 2. The highest BCUT2D eigenvalue weighted by atomic mass is 35.5. The summed E-state index contributed by atoms with van der Waals surface area (Å²) in [4.78, 5) is 64.4. The van der Waals surface area contributed by atoms with Gasteiger partial charge in [-0.1, -0.05) is 17.7 Å². The van der Waals surface area contributed by atoms with Crippen LogP contribution in [-0.2, 0) is 28.4 Å². The second-order valence-corrected chi connectivity index (χ2v) is 17.8. The number of methoxy groups -OCH3 is 1. The summed E-state index contributed by atoms with van der Waals surface area (Å²) in [6.07, 6.45) is 2.50. The number of halogens is 4. The minimum Gasteiger partial charge on any atom is -0.494 e. The van der Waals surface area contributed by atoms with E-state index in [0.717, 1.165) is 103 Å². The van der Waals surface area contributed by atoms with Crippen LogP contribution in [0.25, 0.3) is 21.3 Å². The summed E-state index contributed by atoms with van der Waals surface area (Å²) >= 11 is 8.24. The number of benzene rings is 2. The third-order valence-corrected chi connectivity index (χ3v) is 13.9.